The third-order valence-corrected chi connectivity index (χ3v) is 14.3. The first kappa shape index (κ1) is 65.6. The Morgan fingerprint density at radius 1 is 0.403 bits per heavy atom. The van der Waals surface area contributed by atoms with Crippen molar-refractivity contribution < 1.29 is 24.5 Å². The summed E-state index contributed by atoms with van der Waals surface area (Å²) < 4.78 is 5.49. The average Bonchev–Trinajstić information content (AvgIpc) is 3.33. The fourth-order valence-electron chi connectivity index (χ4n) is 9.64. The molecule has 0 heterocycles. The van der Waals surface area contributed by atoms with E-state index in [0.717, 1.165) is 38.5 Å². The summed E-state index contributed by atoms with van der Waals surface area (Å²) in [6.45, 7) is 4.92. The summed E-state index contributed by atoms with van der Waals surface area (Å²) in [6.07, 6.45) is 68.1. The van der Waals surface area contributed by atoms with E-state index in [-0.39, 0.29) is 18.5 Å². The van der Waals surface area contributed by atoms with Gasteiger partial charge in [-0.15, -0.1) is 0 Å². The van der Waals surface area contributed by atoms with Gasteiger partial charge in [-0.1, -0.05) is 309 Å². The molecule has 0 bridgehead atoms. The lowest BCUT2D eigenvalue weighted by Crippen LogP contribution is -2.45. The van der Waals surface area contributed by atoms with Gasteiger partial charge in [-0.05, 0) is 32.1 Å². The zero-order valence-electron chi connectivity index (χ0n) is 45.4. The van der Waals surface area contributed by atoms with E-state index < -0.39 is 12.1 Å². The first-order valence-electron chi connectivity index (χ1n) is 30.5. The molecule has 0 aromatic rings. The second-order valence-electron chi connectivity index (χ2n) is 21.0. The molecule has 0 radical (unpaired) electrons. The van der Waals surface area contributed by atoms with Crippen LogP contribution in [0.5, 0.6) is 0 Å². The van der Waals surface area contributed by atoms with E-state index in [1.807, 2.05) is 6.08 Å². The van der Waals surface area contributed by atoms with Gasteiger partial charge in [-0.3, -0.25) is 9.59 Å². The molecule has 0 aromatic carbocycles. The molecule has 2 atom stereocenters. The number of ether oxygens (including phenoxy) is 1. The van der Waals surface area contributed by atoms with Gasteiger partial charge in [0.1, 0.15) is 0 Å². The van der Waals surface area contributed by atoms with E-state index in [4.69, 9.17) is 4.74 Å². The van der Waals surface area contributed by atoms with Crippen molar-refractivity contribution >= 4 is 11.9 Å². The van der Waals surface area contributed by atoms with Gasteiger partial charge >= 0.3 is 5.97 Å². The van der Waals surface area contributed by atoms with Crippen LogP contribution in [0.25, 0.3) is 0 Å². The number of amides is 1. The van der Waals surface area contributed by atoms with Crippen molar-refractivity contribution in [3.8, 4) is 0 Å². The Labute approximate surface area is 419 Å². The molecule has 2 unspecified atom stereocenters. The zero-order valence-corrected chi connectivity index (χ0v) is 45.4. The number of carbonyl (C=O) groups excluding carboxylic acids is 2. The first-order valence-corrected chi connectivity index (χ1v) is 30.5. The standard InChI is InChI=1S/C61H119NO5/c1-3-5-7-9-11-13-15-17-19-22-26-29-33-37-41-45-49-53-59(64)58(57-63)62-60(65)54-50-46-42-38-34-30-27-23-20-21-24-28-32-36-40-44-48-52-56-67-61(66)55-51-47-43-39-35-31-25-18-16-14-12-10-8-6-4-2/h49,53,58-59,63-64H,3-48,50-52,54-57H2,1-2H3,(H,62,65)/b53-49+. The van der Waals surface area contributed by atoms with Crippen molar-refractivity contribution in [2.24, 2.45) is 0 Å². The van der Waals surface area contributed by atoms with E-state index in [0.29, 0.717) is 19.4 Å². The highest BCUT2D eigenvalue weighted by molar-refractivity contribution is 5.76. The predicted molar refractivity (Wildman–Crippen MR) is 292 cm³/mol. The number of carbonyl (C=O) groups is 2. The number of esters is 1. The molecule has 0 rings (SSSR count). The number of unbranched alkanes of at least 4 members (excludes halogenated alkanes) is 46. The van der Waals surface area contributed by atoms with E-state index in [2.05, 4.69) is 19.2 Å². The molecule has 0 saturated heterocycles. The summed E-state index contributed by atoms with van der Waals surface area (Å²) in [5.41, 5.74) is 0. The topological polar surface area (TPSA) is 95.9 Å². The molecule has 0 spiro atoms. The van der Waals surface area contributed by atoms with Crippen LogP contribution < -0.4 is 5.32 Å². The van der Waals surface area contributed by atoms with E-state index in [1.54, 1.807) is 6.08 Å². The van der Waals surface area contributed by atoms with Crippen molar-refractivity contribution in [1.29, 1.82) is 0 Å². The van der Waals surface area contributed by atoms with Crippen LogP contribution in [0.15, 0.2) is 12.2 Å². The molecule has 0 aromatic heterocycles. The van der Waals surface area contributed by atoms with Crippen LogP contribution >= 0.6 is 0 Å². The van der Waals surface area contributed by atoms with Crippen molar-refractivity contribution in [1.82, 2.24) is 5.32 Å². The smallest absolute Gasteiger partial charge is 0.305 e. The van der Waals surface area contributed by atoms with Gasteiger partial charge in [0.05, 0.1) is 25.4 Å². The number of hydrogen-bond donors (Lipinski definition) is 3. The monoisotopic (exact) mass is 946 g/mol. The van der Waals surface area contributed by atoms with Crippen LogP contribution in [0.3, 0.4) is 0 Å². The van der Waals surface area contributed by atoms with Gasteiger partial charge in [0.15, 0.2) is 0 Å². The molecule has 0 aliphatic heterocycles. The van der Waals surface area contributed by atoms with Crippen molar-refractivity contribution in [2.45, 2.75) is 353 Å². The molecule has 398 valence electrons. The number of allylic oxidation sites excluding steroid dienone is 1. The number of aliphatic hydroxyl groups is 2. The zero-order chi connectivity index (χ0) is 48.6. The van der Waals surface area contributed by atoms with Crippen LogP contribution in [0.1, 0.15) is 341 Å². The third kappa shape index (κ3) is 53.8. The Balaban J connectivity index is 3.42. The second kappa shape index (κ2) is 57.2. The maximum absolute atomic E-state index is 12.5. The molecule has 6 heteroatoms. The van der Waals surface area contributed by atoms with Crippen LogP contribution in [0, 0.1) is 0 Å². The van der Waals surface area contributed by atoms with E-state index >= 15 is 0 Å². The van der Waals surface area contributed by atoms with Gasteiger partial charge in [-0.2, -0.15) is 0 Å². The summed E-state index contributed by atoms with van der Waals surface area (Å²) in [5, 5.41) is 23.1. The molecule has 67 heavy (non-hydrogen) atoms. The van der Waals surface area contributed by atoms with Gasteiger partial charge in [0.25, 0.3) is 0 Å². The van der Waals surface area contributed by atoms with Crippen LogP contribution in [0.4, 0.5) is 0 Å². The SMILES string of the molecule is CCCCCCCCCCCCCCCCC/C=C/C(O)C(CO)NC(=O)CCCCCCCCCCCCCCCCCCCCOC(=O)CCCCCCCCCCCCCCCCC. The van der Waals surface area contributed by atoms with Crippen molar-refractivity contribution in [2.75, 3.05) is 13.2 Å². The Kier molecular flexibility index (Phi) is 56.0. The number of hydrogen-bond acceptors (Lipinski definition) is 5. The maximum atomic E-state index is 12.5. The van der Waals surface area contributed by atoms with Gasteiger partial charge in [-0.25, -0.2) is 0 Å². The van der Waals surface area contributed by atoms with E-state index in [9.17, 15) is 19.8 Å². The minimum atomic E-state index is -0.846. The second-order valence-corrected chi connectivity index (χ2v) is 21.0. The largest absolute Gasteiger partial charge is 0.466 e. The molecule has 0 saturated carbocycles. The molecule has 0 aliphatic rings. The number of nitrogens with one attached hydrogen (secondary N) is 1. The molecule has 3 N–H and O–H groups in total. The normalized spacial score (nSPS) is 12.6. The minimum Gasteiger partial charge on any atom is -0.466 e. The van der Waals surface area contributed by atoms with Crippen LogP contribution in [-0.2, 0) is 14.3 Å². The molecule has 0 aliphatic carbocycles. The fourth-order valence-corrected chi connectivity index (χ4v) is 9.64. The lowest BCUT2D eigenvalue weighted by molar-refractivity contribution is -0.143. The highest BCUT2D eigenvalue weighted by atomic mass is 16.5. The Morgan fingerprint density at radius 2 is 0.687 bits per heavy atom. The van der Waals surface area contributed by atoms with Crippen LogP contribution in [-0.4, -0.2) is 47.4 Å². The minimum absolute atomic E-state index is 0.0101. The average molecular weight is 947 g/mol. The summed E-state index contributed by atoms with van der Waals surface area (Å²) >= 11 is 0. The van der Waals surface area contributed by atoms with E-state index in [1.165, 1.54) is 276 Å². The molecular formula is C61H119NO5. The molecule has 1 amide bonds. The highest BCUT2D eigenvalue weighted by Crippen LogP contribution is 2.18. The highest BCUT2D eigenvalue weighted by Gasteiger charge is 2.18. The van der Waals surface area contributed by atoms with Gasteiger partial charge in [0.2, 0.25) is 5.91 Å². The van der Waals surface area contributed by atoms with Crippen LogP contribution in [0.2, 0.25) is 0 Å². The summed E-state index contributed by atoms with van der Waals surface area (Å²) in [4.78, 5) is 24.5. The lowest BCUT2D eigenvalue weighted by Gasteiger charge is -2.20. The molecule has 0 fully saturated rings. The lowest BCUT2D eigenvalue weighted by atomic mass is 10.0. The summed E-state index contributed by atoms with van der Waals surface area (Å²) in [6, 6.07) is -0.630. The molecular weight excluding hydrogens is 827 g/mol. The fraction of sp³-hybridized carbons (Fsp3) is 0.934. The Hall–Kier alpha value is -1.40. The van der Waals surface area contributed by atoms with Gasteiger partial charge in [0, 0.05) is 12.8 Å². The number of aliphatic hydroxyl groups excluding tert-OH is 2. The molecule has 6 nitrogen and oxygen atoms in total. The Bertz CT molecular complexity index is 1000. The maximum Gasteiger partial charge on any atom is 0.305 e. The van der Waals surface area contributed by atoms with Gasteiger partial charge < -0.3 is 20.3 Å². The Morgan fingerprint density at radius 3 is 1.01 bits per heavy atom. The van der Waals surface area contributed by atoms with Crippen molar-refractivity contribution in [3.05, 3.63) is 12.2 Å². The summed E-state index contributed by atoms with van der Waals surface area (Å²) in [5.74, 6) is -0.0590. The third-order valence-electron chi connectivity index (χ3n) is 14.3. The summed E-state index contributed by atoms with van der Waals surface area (Å²) in [7, 11) is 0. The van der Waals surface area contributed by atoms with Crippen molar-refractivity contribution in [3.63, 3.8) is 0 Å². The predicted octanol–water partition coefficient (Wildman–Crippen LogP) is 18.9. The first-order chi connectivity index (χ1) is 33.0. The quantitative estimate of drug-likeness (QED) is 0.0321. The number of rotatable bonds is 57.